The molecule has 0 radical (unpaired) electrons. The molecule has 0 amide bonds. The maximum atomic E-state index is 11.0. The van der Waals surface area contributed by atoms with E-state index in [2.05, 4.69) is 4.98 Å². The maximum Gasteiger partial charge on any atom is 0.333 e. The van der Waals surface area contributed by atoms with E-state index in [1.807, 2.05) is 6.07 Å². The second-order valence-electron chi connectivity index (χ2n) is 3.89. The molecule has 1 N–H and O–H groups in total. The first-order valence-electron chi connectivity index (χ1n) is 4.67. The van der Waals surface area contributed by atoms with Crippen LogP contribution in [0, 0.1) is 0 Å². The zero-order chi connectivity index (χ0) is 11.5. The first-order valence-corrected chi connectivity index (χ1v) is 4.67. The molecule has 1 rings (SSSR count). The Balaban J connectivity index is 3.05. The first-order chi connectivity index (χ1) is 7.00. The van der Waals surface area contributed by atoms with Gasteiger partial charge in [-0.1, -0.05) is 19.9 Å². The van der Waals surface area contributed by atoms with E-state index < -0.39 is 17.5 Å². The highest BCUT2D eigenvalue weighted by atomic mass is 16.5. The number of aromatic nitrogens is 1. The van der Waals surface area contributed by atoms with E-state index in [9.17, 15) is 4.79 Å². The van der Waals surface area contributed by atoms with E-state index in [0.29, 0.717) is 5.69 Å². The molecule has 0 saturated heterocycles. The minimum Gasteiger partial charge on any atom is -0.479 e. The van der Waals surface area contributed by atoms with Gasteiger partial charge in [-0.25, -0.2) is 4.79 Å². The third-order valence-electron chi connectivity index (χ3n) is 2.44. The summed E-state index contributed by atoms with van der Waals surface area (Å²) in [6, 6.07) is 5.43. The quantitative estimate of drug-likeness (QED) is 0.815. The molecule has 1 atom stereocenters. The smallest absolute Gasteiger partial charge is 0.333 e. The van der Waals surface area contributed by atoms with Gasteiger partial charge in [0.2, 0.25) is 0 Å². The summed E-state index contributed by atoms with van der Waals surface area (Å²) in [6.07, 6.45) is 0.749. The number of ether oxygens (including phenoxy) is 1. The SMILES string of the molecule is COC(C(=O)O)C(C)(C)c1ccccn1. The summed E-state index contributed by atoms with van der Waals surface area (Å²) in [6.45, 7) is 3.61. The summed E-state index contributed by atoms with van der Waals surface area (Å²) in [4.78, 5) is 15.2. The number of aliphatic carboxylic acids is 1. The highest BCUT2D eigenvalue weighted by Crippen LogP contribution is 2.27. The lowest BCUT2D eigenvalue weighted by molar-refractivity contribution is -0.152. The molecule has 82 valence electrons. The van der Waals surface area contributed by atoms with Crippen molar-refractivity contribution in [3.05, 3.63) is 30.1 Å². The van der Waals surface area contributed by atoms with Gasteiger partial charge in [0.15, 0.2) is 6.10 Å². The van der Waals surface area contributed by atoms with Crippen molar-refractivity contribution in [2.24, 2.45) is 0 Å². The third-order valence-corrected chi connectivity index (χ3v) is 2.44. The highest BCUT2D eigenvalue weighted by Gasteiger charge is 2.37. The molecule has 0 saturated carbocycles. The molecule has 4 nitrogen and oxygen atoms in total. The Morgan fingerprint density at radius 2 is 2.20 bits per heavy atom. The molecule has 15 heavy (non-hydrogen) atoms. The molecule has 0 aliphatic rings. The number of rotatable bonds is 4. The fraction of sp³-hybridized carbons (Fsp3) is 0.455. The van der Waals surface area contributed by atoms with Gasteiger partial charge in [-0.2, -0.15) is 0 Å². The van der Waals surface area contributed by atoms with Crippen LogP contribution in [0.15, 0.2) is 24.4 Å². The molecule has 4 heteroatoms. The number of carboxylic acid groups (broad SMARTS) is 1. The van der Waals surface area contributed by atoms with Crippen molar-refractivity contribution < 1.29 is 14.6 Å². The van der Waals surface area contributed by atoms with Crippen LogP contribution in [0.5, 0.6) is 0 Å². The van der Waals surface area contributed by atoms with E-state index in [1.165, 1.54) is 7.11 Å². The van der Waals surface area contributed by atoms with Crippen LogP contribution < -0.4 is 0 Å². The average molecular weight is 209 g/mol. The molecule has 1 aromatic heterocycles. The summed E-state index contributed by atoms with van der Waals surface area (Å²) in [7, 11) is 1.39. The van der Waals surface area contributed by atoms with Gasteiger partial charge in [0.25, 0.3) is 0 Å². The maximum absolute atomic E-state index is 11.0. The van der Waals surface area contributed by atoms with E-state index in [-0.39, 0.29) is 0 Å². The fourth-order valence-electron chi connectivity index (χ4n) is 1.58. The zero-order valence-electron chi connectivity index (χ0n) is 9.10. The summed E-state index contributed by atoms with van der Waals surface area (Å²) in [5.74, 6) is -0.979. The molecule has 0 aromatic carbocycles. The topological polar surface area (TPSA) is 59.4 Å². The lowest BCUT2D eigenvalue weighted by Crippen LogP contribution is -2.42. The van der Waals surface area contributed by atoms with E-state index in [4.69, 9.17) is 9.84 Å². The molecule has 1 unspecified atom stereocenters. The third kappa shape index (κ3) is 2.33. The van der Waals surface area contributed by atoms with Crippen molar-refractivity contribution in [1.29, 1.82) is 0 Å². The Kier molecular flexibility index (Phi) is 3.42. The predicted molar refractivity (Wildman–Crippen MR) is 55.7 cm³/mol. The van der Waals surface area contributed by atoms with Crippen molar-refractivity contribution >= 4 is 5.97 Å². The molecule has 0 aliphatic carbocycles. The predicted octanol–water partition coefficient (Wildman–Crippen LogP) is 1.46. The van der Waals surface area contributed by atoms with Crippen molar-refractivity contribution in [1.82, 2.24) is 4.98 Å². The molecule has 0 aliphatic heterocycles. The lowest BCUT2D eigenvalue weighted by Gasteiger charge is -2.29. The second kappa shape index (κ2) is 4.40. The Hall–Kier alpha value is -1.42. The largest absolute Gasteiger partial charge is 0.479 e. The molecule has 1 aromatic rings. The van der Waals surface area contributed by atoms with Crippen LogP contribution >= 0.6 is 0 Å². The van der Waals surface area contributed by atoms with Crippen LogP contribution in [0.2, 0.25) is 0 Å². The van der Waals surface area contributed by atoms with E-state index in [1.54, 1.807) is 32.2 Å². The molecular weight excluding hydrogens is 194 g/mol. The Morgan fingerprint density at radius 3 is 2.60 bits per heavy atom. The minimum atomic E-state index is -0.979. The van der Waals surface area contributed by atoms with Gasteiger partial charge in [-0.3, -0.25) is 4.98 Å². The number of hydrogen-bond acceptors (Lipinski definition) is 3. The standard InChI is InChI=1S/C11H15NO3/c1-11(2,9(15-3)10(13)14)8-6-4-5-7-12-8/h4-7,9H,1-3H3,(H,13,14). The van der Waals surface area contributed by atoms with Crippen LogP contribution in [-0.4, -0.2) is 29.3 Å². The normalized spacial score (nSPS) is 13.5. The fourth-order valence-corrected chi connectivity index (χ4v) is 1.58. The Morgan fingerprint density at radius 1 is 1.53 bits per heavy atom. The van der Waals surface area contributed by atoms with Crippen LogP contribution in [0.3, 0.4) is 0 Å². The number of methoxy groups -OCH3 is 1. The molecular formula is C11H15NO3. The van der Waals surface area contributed by atoms with Crippen molar-refractivity contribution in [2.45, 2.75) is 25.4 Å². The molecule has 0 fully saturated rings. The van der Waals surface area contributed by atoms with Gasteiger partial charge in [-0.15, -0.1) is 0 Å². The van der Waals surface area contributed by atoms with Gasteiger partial charge in [0.05, 0.1) is 0 Å². The number of nitrogens with zero attached hydrogens (tertiary/aromatic N) is 1. The molecule has 1 heterocycles. The summed E-state index contributed by atoms with van der Waals surface area (Å²) >= 11 is 0. The number of pyridine rings is 1. The average Bonchev–Trinajstić information content (AvgIpc) is 2.19. The first kappa shape index (κ1) is 11.7. The van der Waals surface area contributed by atoms with Gasteiger partial charge >= 0.3 is 5.97 Å². The second-order valence-corrected chi connectivity index (χ2v) is 3.89. The summed E-state index contributed by atoms with van der Waals surface area (Å²) in [5, 5.41) is 9.02. The number of hydrogen-bond donors (Lipinski definition) is 1. The van der Waals surface area contributed by atoms with Crippen molar-refractivity contribution in [3.8, 4) is 0 Å². The highest BCUT2D eigenvalue weighted by molar-refractivity contribution is 5.74. The summed E-state index contributed by atoms with van der Waals surface area (Å²) in [5.41, 5.74) is 0.0567. The zero-order valence-corrected chi connectivity index (χ0v) is 9.10. The van der Waals surface area contributed by atoms with Crippen molar-refractivity contribution in [2.75, 3.05) is 7.11 Å². The lowest BCUT2D eigenvalue weighted by atomic mass is 9.82. The van der Waals surface area contributed by atoms with Gasteiger partial charge in [-0.05, 0) is 12.1 Å². The monoisotopic (exact) mass is 209 g/mol. The molecule has 0 spiro atoms. The Labute approximate surface area is 88.9 Å². The van der Waals surface area contributed by atoms with Crippen LogP contribution in [0.4, 0.5) is 0 Å². The van der Waals surface area contributed by atoms with Crippen LogP contribution in [0.25, 0.3) is 0 Å². The molecule has 0 bridgehead atoms. The number of carbonyl (C=O) groups is 1. The van der Waals surface area contributed by atoms with Crippen LogP contribution in [-0.2, 0) is 14.9 Å². The van der Waals surface area contributed by atoms with Crippen LogP contribution in [0.1, 0.15) is 19.5 Å². The minimum absolute atomic E-state index is 0.651. The van der Waals surface area contributed by atoms with Gasteiger partial charge in [0, 0.05) is 24.4 Å². The van der Waals surface area contributed by atoms with E-state index in [0.717, 1.165) is 0 Å². The number of carboxylic acids is 1. The Bertz CT molecular complexity index is 335. The van der Waals surface area contributed by atoms with Gasteiger partial charge in [0.1, 0.15) is 0 Å². The van der Waals surface area contributed by atoms with Crippen molar-refractivity contribution in [3.63, 3.8) is 0 Å². The van der Waals surface area contributed by atoms with Gasteiger partial charge < -0.3 is 9.84 Å². The summed E-state index contributed by atoms with van der Waals surface area (Å²) < 4.78 is 4.99. The van der Waals surface area contributed by atoms with E-state index >= 15 is 0 Å².